The smallest absolute Gasteiger partial charge is 0.196 e. The molecule has 27 heavy (non-hydrogen) atoms. The number of hydrogen-bond acceptors (Lipinski definition) is 4. The van der Waals surface area contributed by atoms with Gasteiger partial charge in [0, 0.05) is 17.0 Å². The van der Waals surface area contributed by atoms with Gasteiger partial charge in [-0.15, -0.1) is 10.2 Å². The molecule has 0 atom stereocenters. The maximum absolute atomic E-state index is 5.29. The Bertz CT molecular complexity index is 999. The van der Waals surface area contributed by atoms with Gasteiger partial charge in [-0.05, 0) is 29.8 Å². The van der Waals surface area contributed by atoms with Gasteiger partial charge in [0.05, 0.1) is 7.11 Å². The highest BCUT2D eigenvalue weighted by atomic mass is 32.2. The molecule has 0 saturated heterocycles. The summed E-state index contributed by atoms with van der Waals surface area (Å²) in [5.41, 5.74) is 3.30. The normalized spacial score (nSPS) is 10.7. The van der Waals surface area contributed by atoms with Crippen molar-refractivity contribution in [2.24, 2.45) is 0 Å². The van der Waals surface area contributed by atoms with Crippen LogP contribution in [0, 0.1) is 0 Å². The van der Waals surface area contributed by atoms with Crippen LogP contribution in [0.3, 0.4) is 0 Å². The molecule has 0 unspecified atom stereocenters. The van der Waals surface area contributed by atoms with Crippen molar-refractivity contribution in [2.75, 3.05) is 7.11 Å². The molecule has 1 aromatic heterocycles. The number of thioether (sulfide) groups is 1. The Morgan fingerprint density at radius 3 is 2.15 bits per heavy atom. The Balaban J connectivity index is 1.73. The third-order valence-electron chi connectivity index (χ3n) is 4.21. The Morgan fingerprint density at radius 1 is 0.815 bits per heavy atom. The lowest BCUT2D eigenvalue weighted by Crippen LogP contribution is -2.00. The van der Waals surface area contributed by atoms with Crippen LogP contribution < -0.4 is 4.74 Å². The zero-order valence-corrected chi connectivity index (χ0v) is 15.8. The zero-order valence-electron chi connectivity index (χ0n) is 14.9. The fourth-order valence-electron chi connectivity index (χ4n) is 2.82. The molecular weight excluding hydrogens is 354 g/mol. The van der Waals surface area contributed by atoms with E-state index in [4.69, 9.17) is 4.74 Å². The molecule has 0 N–H and O–H groups in total. The molecule has 3 aromatic carbocycles. The first kappa shape index (κ1) is 17.4. The lowest BCUT2D eigenvalue weighted by Gasteiger charge is -2.11. The largest absolute Gasteiger partial charge is 0.497 e. The predicted molar refractivity (Wildman–Crippen MR) is 109 cm³/mol. The van der Waals surface area contributed by atoms with Crippen molar-refractivity contribution in [3.8, 4) is 22.8 Å². The fraction of sp³-hybridized carbons (Fsp3) is 0.0909. The molecule has 4 nitrogen and oxygen atoms in total. The van der Waals surface area contributed by atoms with Gasteiger partial charge in [-0.1, -0.05) is 72.4 Å². The van der Waals surface area contributed by atoms with E-state index in [0.717, 1.165) is 33.7 Å². The number of rotatable bonds is 6. The van der Waals surface area contributed by atoms with Crippen molar-refractivity contribution in [1.82, 2.24) is 14.8 Å². The molecule has 4 rings (SSSR count). The van der Waals surface area contributed by atoms with Gasteiger partial charge in [-0.25, -0.2) is 0 Å². The second kappa shape index (κ2) is 8.10. The van der Waals surface area contributed by atoms with Gasteiger partial charge in [0.15, 0.2) is 11.0 Å². The van der Waals surface area contributed by atoms with E-state index in [-0.39, 0.29) is 0 Å². The minimum atomic E-state index is 0.826. The summed E-state index contributed by atoms with van der Waals surface area (Å²) in [5.74, 6) is 2.49. The maximum Gasteiger partial charge on any atom is 0.196 e. The monoisotopic (exact) mass is 373 g/mol. The van der Waals surface area contributed by atoms with Gasteiger partial charge in [0.25, 0.3) is 0 Å². The third kappa shape index (κ3) is 3.88. The summed E-state index contributed by atoms with van der Waals surface area (Å²) in [5, 5.41) is 9.81. The maximum atomic E-state index is 5.29. The molecule has 0 amide bonds. The quantitative estimate of drug-likeness (QED) is 0.434. The van der Waals surface area contributed by atoms with Gasteiger partial charge < -0.3 is 4.74 Å². The van der Waals surface area contributed by atoms with Crippen LogP contribution in [0.15, 0.2) is 90.1 Å². The highest BCUT2D eigenvalue weighted by Crippen LogP contribution is 2.30. The summed E-state index contributed by atoms with van der Waals surface area (Å²) in [4.78, 5) is 0. The lowest BCUT2D eigenvalue weighted by atomic mass is 10.2. The van der Waals surface area contributed by atoms with Crippen molar-refractivity contribution in [1.29, 1.82) is 0 Å². The second-order valence-corrected chi connectivity index (χ2v) is 6.92. The molecule has 0 bridgehead atoms. The van der Waals surface area contributed by atoms with E-state index in [1.165, 1.54) is 5.56 Å². The van der Waals surface area contributed by atoms with Gasteiger partial charge in [0.1, 0.15) is 5.75 Å². The highest BCUT2D eigenvalue weighted by molar-refractivity contribution is 7.98. The molecule has 0 aliphatic heterocycles. The SMILES string of the molecule is COc1ccc(-n2c(SCc3ccccc3)nnc2-c2ccccc2)cc1. The predicted octanol–water partition coefficient (Wildman–Crippen LogP) is 5.24. The van der Waals surface area contributed by atoms with E-state index in [1.807, 2.05) is 48.5 Å². The molecule has 5 heteroatoms. The molecule has 1 heterocycles. The number of hydrogen-bond donors (Lipinski definition) is 0. The molecule has 4 aromatic rings. The first-order chi connectivity index (χ1) is 13.3. The number of benzene rings is 3. The first-order valence-electron chi connectivity index (χ1n) is 8.67. The molecule has 134 valence electrons. The minimum Gasteiger partial charge on any atom is -0.497 e. The summed E-state index contributed by atoms with van der Waals surface area (Å²) in [6.07, 6.45) is 0. The van der Waals surface area contributed by atoms with Crippen LogP contribution >= 0.6 is 11.8 Å². The molecule has 0 aliphatic carbocycles. The number of nitrogens with zero attached hydrogens (tertiary/aromatic N) is 3. The van der Waals surface area contributed by atoms with Crippen molar-refractivity contribution in [3.63, 3.8) is 0 Å². The Kier molecular flexibility index (Phi) is 5.21. The van der Waals surface area contributed by atoms with Gasteiger partial charge in [-0.2, -0.15) is 0 Å². The average molecular weight is 373 g/mol. The minimum absolute atomic E-state index is 0.826. The topological polar surface area (TPSA) is 39.9 Å². The van der Waals surface area contributed by atoms with Crippen molar-refractivity contribution in [3.05, 3.63) is 90.5 Å². The lowest BCUT2D eigenvalue weighted by molar-refractivity contribution is 0.414. The molecule has 0 aliphatic rings. The standard InChI is InChI=1S/C22H19N3OS/c1-26-20-14-12-19(13-15-20)25-21(18-10-6-3-7-11-18)23-24-22(25)27-16-17-8-4-2-5-9-17/h2-15H,16H2,1H3. The summed E-state index contributed by atoms with van der Waals surface area (Å²) in [6.45, 7) is 0. The van der Waals surface area contributed by atoms with E-state index in [0.29, 0.717) is 0 Å². The second-order valence-electron chi connectivity index (χ2n) is 5.98. The third-order valence-corrected chi connectivity index (χ3v) is 5.21. The van der Waals surface area contributed by atoms with E-state index in [1.54, 1.807) is 18.9 Å². The average Bonchev–Trinajstić information content (AvgIpc) is 3.17. The van der Waals surface area contributed by atoms with E-state index >= 15 is 0 Å². The molecule has 0 fully saturated rings. The first-order valence-corrected chi connectivity index (χ1v) is 9.66. The molecular formula is C22H19N3OS. The van der Waals surface area contributed by atoms with Crippen LogP contribution in [0.2, 0.25) is 0 Å². The van der Waals surface area contributed by atoms with Crippen molar-refractivity contribution < 1.29 is 4.74 Å². The molecule has 0 saturated carbocycles. The number of aromatic nitrogens is 3. The van der Waals surface area contributed by atoms with Crippen LogP contribution in [-0.4, -0.2) is 21.9 Å². The van der Waals surface area contributed by atoms with Crippen LogP contribution in [0.4, 0.5) is 0 Å². The fourth-order valence-corrected chi connectivity index (χ4v) is 3.73. The molecule has 0 spiro atoms. The van der Waals surface area contributed by atoms with E-state index in [2.05, 4.69) is 51.2 Å². The Hall–Kier alpha value is -3.05. The van der Waals surface area contributed by atoms with Gasteiger partial charge in [-0.3, -0.25) is 4.57 Å². The Labute approximate surface area is 162 Å². The Morgan fingerprint density at radius 2 is 1.48 bits per heavy atom. The summed E-state index contributed by atoms with van der Waals surface area (Å²) in [6, 6.07) is 28.5. The summed E-state index contributed by atoms with van der Waals surface area (Å²) in [7, 11) is 1.67. The summed E-state index contributed by atoms with van der Waals surface area (Å²) >= 11 is 1.68. The van der Waals surface area contributed by atoms with E-state index in [9.17, 15) is 0 Å². The van der Waals surface area contributed by atoms with Crippen molar-refractivity contribution in [2.45, 2.75) is 10.9 Å². The number of methoxy groups -OCH3 is 1. The number of ether oxygens (including phenoxy) is 1. The van der Waals surface area contributed by atoms with Crippen LogP contribution in [0.1, 0.15) is 5.56 Å². The van der Waals surface area contributed by atoms with E-state index < -0.39 is 0 Å². The van der Waals surface area contributed by atoms with Crippen LogP contribution in [0.25, 0.3) is 17.1 Å². The highest BCUT2D eigenvalue weighted by Gasteiger charge is 2.16. The zero-order chi connectivity index (χ0) is 18.5. The van der Waals surface area contributed by atoms with Crippen molar-refractivity contribution >= 4 is 11.8 Å². The van der Waals surface area contributed by atoms with Gasteiger partial charge in [0.2, 0.25) is 0 Å². The molecule has 0 radical (unpaired) electrons. The van der Waals surface area contributed by atoms with Crippen LogP contribution in [0.5, 0.6) is 5.75 Å². The van der Waals surface area contributed by atoms with Gasteiger partial charge >= 0.3 is 0 Å². The summed E-state index contributed by atoms with van der Waals surface area (Å²) < 4.78 is 7.39. The van der Waals surface area contributed by atoms with Crippen LogP contribution in [-0.2, 0) is 5.75 Å².